The van der Waals surface area contributed by atoms with Crippen molar-refractivity contribution in [2.45, 2.75) is 166 Å². The molecule has 1 aromatic carbocycles. The molecule has 0 saturated carbocycles. The minimum Gasteiger partial charge on any atom is -0.294 e. The molecule has 1 aliphatic carbocycles. The number of Topliss-reactive ketones (excluding diaryl/α,β-unsaturated/α-hetero) is 2. The van der Waals surface area contributed by atoms with Crippen molar-refractivity contribution in [3.05, 3.63) is 129 Å². The molecule has 0 amide bonds. The van der Waals surface area contributed by atoms with E-state index >= 15 is 0 Å². The van der Waals surface area contributed by atoms with Gasteiger partial charge in [0.05, 0.1) is 0 Å². The summed E-state index contributed by atoms with van der Waals surface area (Å²) in [6.07, 6.45) is 35.4. The van der Waals surface area contributed by atoms with Crippen molar-refractivity contribution in [2.24, 2.45) is 11.8 Å². The quantitative estimate of drug-likeness (QED) is 0.106. The predicted octanol–water partition coefficient (Wildman–Crippen LogP) is 15.8. The van der Waals surface area contributed by atoms with Crippen LogP contribution in [0.3, 0.4) is 0 Å². The third-order valence-electron chi connectivity index (χ3n) is 10.8. The lowest BCUT2D eigenvalue weighted by atomic mass is 9.73. The monoisotopic (exact) mass is 719 g/mol. The molecule has 2 nitrogen and oxygen atoms in total. The van der Waals surface area contributed by atoms with E-state index in [4.69, 9.17) is 0 Å². The van der Waals surface area contributed by atoms with Crippen LogP contribution in [0, 0.1) is 11.8 Å². The molecule has 0 aliphatic heterocycles. The first kappa shape index (κ1) is 45.6. The molecular formula is C51H74O2. The van der Waals surface area contributed by atoms with Crippen LogP contribution in [0.5, 0.6) is 0 Å². The molecule has 0 unspecified atom stereocenters. The van der Waals surface area contributed by atoms with E-state index in [0.29, 0.717) is 17.5 Å². The fourth-order valence-corrected chi connectivity index (χ4v) is 6.99. The maximum atomic E-state index is 13.1. The number of fused-ring (bicyclic) bond motifs is 1. The lowest BCUT2D eigenvalue weighted by molar-refractivity contribution is 0.0750. The Morgan fingerprint density at radius 3 is 1.04 bits per heavy atom. The maximum absolute atomic E-state index is 13.1. The van der Waals surface area contributed by atoms with Gasteiger partial charge in [-0.1, -0.05) is 124 Å². The van der Waals surface area contributed by atoms with E-state index in [-0.39, 0.29) is 23.4 Å². The van der Waals surface area contributed by atoms with Crippen molar-refractivity contribution in [2.75, 3.05) is 0 Å². The van der Waals surface area contributed by atoms with Crippen LogP contribution >= 0.6 is 0 Å². The average Bonchev–Trinajstić information content (AvgIpc) is 3.10. The van der Waals surface area contributed by atoms with Crippen molar-refractivity contribution in [3.63, 3.8) is 0 Å². The Morgan fingerprint density at radius 2 is 0.717 bits per heavy atom. The van der Waals surface area contributed by atoms with Crippen LogP contribution in [-0.2, 0) is 0 Å². The fraction of sp³-hybridized carbons (Fsp3) is 0.529. The molecule has 0 radical (unpaired) electrons. The summed E-state index contributed by atoms with van der Waals surface area (Å²) < 4.78 is 0. The first-order valence-electron chi connectivity index (χ1n) is 20.7. The Morgan fingerprint density at radius 1 is 0.434 bits per heavy atom. The topological polar surface area (TPSA) is 34.1 Å². The zero-order valence-corrected chi connectivity index (χ0v) is 35.5. The van der Waals surface area contributed by atoms with Gasteiger partial charge in [0.25, 0.3) is 0 Å². The average molecular weight is 719 g/mol. The lowest BCUT2D eigenvalue weighted by Gasteiger charge is -2.27. The Labute approximate surface area is 326 Å². The van der Waals surface area contributed by atoms with Crippen LogP contribution in [-0.4, -0.2) is 11.6 Å². The lowest BCUT2D eigenvalue weighted by Crippen LogP contribution is -2.34. The van der Waals surface area contributed by atoms with Gasteiger partial charge in [-0.3, -0.25) is 9.59 Å². The second kappa shape index (κ2) is 25.5. The van der Waals surface area contributed by atoms with Crippen molar-refractivity contribution in [1.29, 1.82) is 0 Å². The van der Waals surface area contributed by atoms with Crippen LogP contribution in [0.15, 0.2) is 117 Å². The number of ketones is 2. The summed E-state index contributed by atoms with van der Waals surface area (Å²) in [6.45, 7) is 22.0. The third-order valence-corrected chi connectivity index (χ3v) is 10.8. The van der Waals surface area contributed by atoms with E-state index in [1.54, 1.807) is 12.1 Å². The van der Waals surface area contributed by atoms with Gasteiger partial charge < -0.3 is 0 Å². The van der Waals surface area contributed by atoms with Gasteiger partial charge in [-0.05, 0) is 159 Å². The molecule has 1 aliphatic rings. The SMILES string of the molecule is CC(C)=CCCC(C)=CCCC(C)=CCCC(C)=CCCC(C)=CCCC(C)=CCCC(C)=CCCC(C)=CC[C@H]1C(=O)c2ccccc2C(=O)[C@@H]1C. The molecule has 0 N–H and O–H groups in total. The highest BCUT2D eigenvalue weighted by Crippen LogP contribution is 2.33. The summed E-state index contributed by atoms with van der Waals surface area (Å²) >= 11 is 0. The van der Waals surface area contributed by atoms with Gasteiger partial charge in [-0.25, -0.2) is 0 Å². The molecule has 0 spiro atoms. The van der Waals surface area contributed by atoms with Crippen LogP contribution in [0.1, 0.15) is 186 Å². The second-order valence-electron chi connectivity index (χ2n) is 16.3. The van der Waals surface area contributed by atoms with E-state index < -0.39 is 0 Å². The van der Waals surface area contributed by atoms with Gasteiger partial charge >= 0.3 is 0 Å². The molecule has 0 saturated heterocycles. The van der Waals surface area contributed by atoms with Gasteiger partial charge in [0.2, 0.25) is 0 Å². The minimum absolute atomic E-state index is 0.0974. The van der Waals surface area contributed by atoms with Crippen LogP contribution < -0.4 is 0 Å². The molecule has 1 aromatic rings. The van der Waals surface area contributed by atoms with Crippen molar-refractivity contribution in [1.82, 2.24) is 0 Å². The number of hydrogen-bond donors (Lipinski definition) is 0. The number of carbonyl (C=O) groups is 2. The number of hydrogen-bond acceptors (Lipinski definition) is 2. The van der Waals surface area contributed by atoms with Gasteiger partial charge in [-0.2, -0.15) is 0 Å². The number of rotatable bonds is 23. The van der Waals surface area contributed by atoms with E-state index in [2.05, 4.69) is 111 Å². The molecule has 2 heteroatoms. The maximum Gasteiger partial charge on any atom is 0.167 e. The molecule has 2 atom stereocenters. The molecular weight excluding hydrogens is 645 g/mol. The highest BCUT2D eigenvalue weighted by molar-refractivity contribution is 6.15. The molecule has 0 heterocycles. The Bertz CT molecular complexity index is 1570. The summed E-state index contributed by atoms with van der Waals surface area (Å²) in [6, 6.07) is 7.27. The smallest absolute Gasteiger partial charge is 0.167 e. The van der Waals surface area contributed by atoms with E-state index in [9.17, 15) is 9.59 Å². The summed E-state index contributed by atoms with van der Waals surface area (Å²) in [5, 5.41) is 0. The third kappa shape index (κ3) is 18.9. The van der Waals surface area contributed by atoms with Gasteiger partial charge in [-0.15, -0.1) is 0 Å². The van der Waals surface area contributed by atoms with Gasteiger partial charge in [0, 0.05) is 23.0 Å². The number of carbonyl (C=O) groups excluding carboxylic acids is 2. The zero-order valence-electron chi connectivity index (χ0n) is 35.5. The minimum atomic E-state index is -0.264. The number of allylic oxidation sites excluding steroid dienone is 16. The van der Waals surface area contributed by atoms with Crippen LogP contribution in [0.4, 0.5) is 0 Å². The molecule has 0 fully saturated rings. The Balaban J connectivity index is 1.61. The highest BCUT2D eigenvalue weighted by atomic mass is 16.1. The summed E-state index contributed by atoms with van der Waals surface area (Å²) in [5.41, 5.74) is 12.9. The van der Waals surface area contributed by atoms with Gasteiger partial charge in [0.1, 0.15) is 0 Å². The highest BCUT2D eigenvalue weighted by Gasteiger charge is 2.37. The molecule has 2 rings (SSSR count). The van der Waals surface area contributed by atoms with E-state index in [1.807, 2.05) is 19.1 Å². The molecule has 290 valence electrons. The molecule has 0 bridgehead atoms. The zero-order chi connectivity index (χ0) is 39.2. The summed E-state index contributed by atoms with van der Waals surface area (Å²) in [7, 11) is 0. The summed E-state index contributed by atoms with van der Waals surface area (Å²) in [4.78, 5) is 25.9. The first-order chi connectivity index (χ1) is 25.3. The Hall–Kier alpha value is -3.52. The van der Waals surface area contributed by atoms with E-state index in [1.165, 1.54) is 57.4 Å². The predicted molar refractivity (Wildman–Crippen MR) is 233 cm³/mol. The largest absolute Gasteiger partial charge is 0.294 e. The van der Waals surface area contributed by atoms with Crippen LogP contribution in [0.2, 0.25) is 0 Å². The Kier molecular flexibility index (Phi) is 21.9. The number of benzene rings is 1. The van der Waals surface area contributed by atoms with Gasteiger partial charge in [0.15, 0.2) is 11.6 Å². The van der Waals surface area contributed by atoms with Crippen LogP contribution in [0.25, 0.3) is 0 Å². The summed E-state index contributed by atoms with van der Waals surface area (Å²) in [5.74, 6) is -0.310. The fourth-order valence-electron chi connectivity index (χ4n) is 6.99. The van der Waals surface area contributed by atoms with Crippen molar-refractivity contribution in [3.8, 4) is 0 Å². The molecule has 0 aromatic heterocycles. The van der Waals surface area contributed by atoms with Crippen molar-refractivity contribution >= 4 is 11.6 Å². The normalized spacial score (nSPS) is 18.1. The van der Waals surface area contributed by atoms with E-state index in [0.717, 1.165) is 77.0 Å². The first-order valence-corrected chi connectivity index (χ1v) is 20.7. The molecule has 53 heavy (non-hydrogen) atoms. The second-order valence-corrected chi connectivity index (χ2v) is 16.3. The van der Waals surface area contributed by atoms with Crippen molar-refractivity contribution < 1.29 is 9.59 Å². The standard InChI is InChI=1S/C51H74O2/c1-38(2)20-13-21-39(3)22-14-23-40(4)24-15-25-41(5)26-16-27-42(6)28-17-29-43(7)30-18-31-44(8)32-19-33-45(9)36-37-47-46(10)50(52)48-34-11-12-35-49(48)51(47)53/h11-12,20,22,24,26,28,30,32,34-36,46-47H,13-19,21,23,25,27,29,31,33,37H2,1-10H3/t46-,47-/m1/s1.